The number of carbonyl (C=O) groups excluding carboxylic acids is 12. The molecule has 0 amide bonds. The van der Waals surface area contributed by atoms with E-state index in [4.69, 9.17) is 0 Å². The van der Waals surface area contributed by atoms with Crippen molar-refractivity contribution in [2.45, 2.75) is 119 Å². The summed E-state index contributed by atoms with van der Waals surface area (Å²) in [6.07, 6.45) is -0.431. The number of carbonyl (C=O) groups is 12. The number of aliphatic carboxylic acids is 6. The van der Waals surface area contributed by atoms with Crippen LogP contribution in [0.1, 0.15) is 119 Å². The molecule has 282 valence electrons. The van der Waals surface area contributed by atoms with E-state index in [1.54, 1.807) is 0 Å². The van der Waals surface area contributed by atoms with Gasteiger partial charge < -0.3 is 88.2 Å². The molecular weight excluding hydrogens is 744 g/mol. The van der Waals surface area contributed by atoms with Crippen LogP contribution in [0.5, 0.6) is 0 Å². The van der Waals surface area contributed by atoms with E-state index in [9.17, 15) is 88.2 Å². The third kappa shape index (κ3) is 115. The monoisotopic (exact) mass is 788 g/mol. The zero-order valence-electron chi connectivity index (χ0n) is 28.2. The van der Waals surface area contributed by atoms with Gasteiger partial charge in [0.2, 0.25) is 0 Å². The molecular formula is C30H42MoO18-6. The van der Waals surface area contributed by atoms with Crippen molar-refractivity contribution < 1.29 is 109 Å². The Labute approximate surface area is 297 Å². The Morgan fingerprint density at radius 2 is 0.327 bits per heavy atom. The van der Waals surface area contributed by atoms with E-state index in [2.05, 4.69) is 0 Å². The van der Waals surface area contributed by atoms with Crippen LogP contribution in [0.4, 0.5) is 0 Å². The van der Waals surface area contributed by atoms with Gasteiger partial charge in [0.1, 0.15) is 34.7 Å². The van der Waals surface area contributed by atoms with Crippen LogP contribution in [0.25, 0.3) is 0 Å². The second-order valence-electron chi connectivity index (χ2n) is 9.44. The number of Topliss-reactive ketones (excluding diaryl/α,β-unsaturated/α-hetero) is 6. The van der Waals surface area contributed by atoms with Crippen LogP contribution in [0.3, 0.4) is 0 Å². The molecule has 0 saturated carbocycles. The van der Waals surface area contributed by atoms with E-state index in [0.717, 1.165) is 0 Å². The maximum atomic E-state index is 10.1. The average molecular weight is 787 g/mol. The minimum atomic E-state index is -1.17. The van der Waals surface area contributed by atoms with Gasteiger partial charge in [0.25, 0.3) is 0 Å². The van der Waals surface area contributed by atoms with Crippen molar-refractivity contribution >= 4 is 70.5 Å². The van der Waals surface area contributed by atoms with E-state index in [-0.39, 0.29) is 133 Å². The molecule has 0 aromatic carbocycles. The van der Waals surface area contributed by atoms with E-state index >= 15 is 0 Å². The number of ketones is 6. The fourth-order valence-electron chi connectivity index (χ4n) is 1.67. The Bertz CT molecular complexity index is 778. The second kappa shape index (κ2) is 41.6. The molecule has 0 atom stereocenters. The third-order valence-corrected chi connectivity index (χ3v) is 4.09. The van der Waals surface area contributed by atoms with Crippen molar-refractivity contribution in [3.8, 4) is 0 Å². The number of hydrogen-bond acceptors (Lipinski definition) is 18. The van der Waals surface area contributed by atoms with Gasteiger partial charge in [0.15, 0.2) is 0 Å². The van der Waals surface area contributed by atoms with Gasteiger partial charge >= 0.3 is 0 Å². The second-order valence-corrected chi connectivity index (χ2v) is 9.44. The fourth-order valence-corrected chi connectivity index (χ4v) is 1.67. The van der Waals surface area contributed by atoms with Crippen LogP contribution in [0.2, 0.25) is 0 Å². The molecule has 0 aliphatic rings. The van der Waals surface area contributed by atoms with E-state index in [0.29, 0.717) is 0 Å². The molecule has 0 saturated heterocycles. The molecule has 0 aromatic rings. The quantitative estimate of drug-likeness (QED) is 0.117. The number of hydrogen-bond donors (Lipinski definition) is 0. The molecule has 0 heterocycles. The van der Waals surface area contributed by atoms with Gasteiger partial charge in [0.05, 0.1) is 0 Å². The molecule has 18 nitrogen and oxygen atoms in total. The summed E-state index contributed by atoms with van der Waals surface area (Å²) in [5.41, 5.74) is 0. The van der Waals surface area contributed by atoms with Gasteiger partial charge in [-0.3, -0.25) is 0 Å². The normalized spacial score (nSPS) is 8.45. The van der Waals surface area contributed by atoms with E-state index in [1.807, 2.05) is 0 Å². The van der Waals surface area contributed by atoms with Crippen molar-refractivity contribution in [3.63, 3.8) is 0 Å². The summed E-state index contributed by atoms with van der Waals surface area (Å²) in [7, 11) is 0. The predicted octanol–water partition coefficient (Wildman–Crippen LogP) is -5.37. The molecule has 0 aliphatic carbocycles. The molecule has 0 fully saturated rings. The zero-order chi connectivity index (χ0) is 39.4. The molecule has 0 spiro atoms. The predicted molar refractivity (Wildman–Crippen MR) is 150 cm³/mol. The Balaban J connectivity index is -0.0000000860. The summed E-state index contributed by atoms with van der Waals surface area (Å²) in [4.78, 5) is 118. The maximum absolute atomic E-state index is 10.1. The van der Waals surface area contributed by atoms with Crippen molar-refractivity contribution in [2.75, 3.05) is 0 Å². The molecule has 0 N–H and O–H groups in total. The first-order valence-corrected chi connectivity index (χ1v) is 13.9. The molecule has 49 heavy (non-hydrogen) atoms. The summed E-state index contributed by atoms with van der Waals surface area (Å²) < 4.78 is 0. The van der Waals surface area contributed by atoms with Crippen LogP contribution in [-0.2, 0) is 78.6 Å². The first-order chi connectivity index (χ1) is 21.8. The first kappa shape index (κ1) is 59.9. The number of rotatable bonds is 18. The van der Waals surface area contributed by atoms with Crippen LogP contribution < -0.4 is 30.6 Å². The van der Waals surface area contributed by atoms with Crippen molar-refractivity contribution in [2.24, 2.45) is 0 Å². The summed E-state index contributed by atoms with van der Waals surface area (Å²) >= 11 is 0. The topological polar surface area (TPSA) is 343 Å². The molecule has 0 unspecified atom stereocenters. The summed E-state index contributed by atoms with van der Waals surface area (Å²) in [5, 5.41) is 57.8. The Morgan fingerprint density at radius 1 is 0.245 bits per heavy atom. The Kier molecular flexibility index (Phi) is 50.8. The molecule has 19 heteroatoms. The summed E-state index contributed by atoms with van der Waals surface area (Å²) in [5.74, 6) is -7.70. The number of carboxylic acid groups (broad SMARTS) is 6. The van der Waals surface area contributed by atoms with Gasteiger partial charge in [0, 0.05) is 95.4 Å². The molecule has 0 aromatic heterocycles. The van der Waals surface area contributed by atoms with Gasteiger partial charge in [-0.2, -0.15) is 0 Å². The minimum absolute atomic E-state index is 0. The smallest absolute Gasteiger partial charge is 0.130 e. The van der Waals surface area contributed by atoms with Gasteiger partial charge in [-0.1, -0.05) is 0 Å². The largest absolute Gasteiger partial charge is 0.550 e. The van der Waals surface area contributed by atoms with E-state index in [1.165, 1.54) is 41.5 Å². The first-order valence-electron chi connectivity index (χ1n) is 13.9. The Morgan fingerprint density at radius 3 is 0.347 bits per heavy atom. The van der Waals surface area contributed by atoms with Crippen molar-refractivity contribution in [1.29, 1.82) is 0 Å². The van der Waals surface area contributed by atoms with Gasteiger partial charge in [-0.15, -0.1) is 0 Å². The molecule has 0 rings (SSSR count). The van der Waals surface area contributed by atoms with E-state index < -0.39 is 35.8 Å². The zero-order valence-corrected chi connectivity index (χ0v) is 30.2. The standard InChI is InChI=1S/6C5H8O3.Mo/c6*1-4(6)2-3-5(7)8;/h6*2-3H2,1H3,(H,7,8);/p-6. The van der Waals surface area contributed by atoms with Crippen LogP contribution in [0, 0.1) is 0 Å². The maximum Gasteiger partial charge on any atom is 0.130 e. The van der Waals surface area contributed by atoms with Gasteiger partial charge in [-0.05, 0) is 80.1 Å². The van der Waals surface area contributed by atoms with Crippen molar-refractivity contribution in [1.82, 2.24) is 0 Å². The minimum Gasteiger partial charge on any atom is -0.550 e. The van der Waals surface area contributed by atoms with Crippen LogP contribution in [0.15, 0.2) is 0 Å². The third-order valence-electron chi connectivity index (χ3n) is 4.09. The number of carboxylic acids is 6. The Hall–Kier alpha value is -4.47. The summed E-state index contributed by atoms with van der Waals surface area (Å²) in [6.45, 7) is 8.10. The average Bonchev–Trinajstić information content (AvgIpc) is 2.92. The fraction of sp³-hybridized carbons (Fsp3) is 0.600. The molecule has 0 aliphatic heterocycles. The molecule has 0 radical (unpaired) electrons. The van der Waals surface area contributed by atoms with Crippen LogP contribution in [-0.4, -0.2) is 70.5 Å². The SMILES string of the molecule is CC(=O)CCC(=O)[O-].CC(=O)CCC(=O)[O-].CC(=O)CCC(=O)[O-].CC(=O)CCC(=O)[O-].CC(=O)CCC(=O)[O-].CC(=O)CCC(=O)[O-].[Mo]. The van der Waals surface area contributed by atoms with Crippen molar-refractivity contribution in [3.05, 3.63) is 0 Å². The summed E-state index contributed by atoms with van der Waals surface area (Å²) in [6, 6.07) is 0. The molecule has 0 bridgehead atoms. The van der Waals surface area contributed by atoms with Crippen LogP contribution >= 0.6 is 0 Å². The van der Waals surface area contributed by atoms with Gasteiger partial charge in [-0.25, -0.2) is 0 Å².